The van der Waals surface area contributed by atoms with Gasteiger partial charge in [0, 0.05) is 34.7 Å². The number of esters is 1. The number of nitrogens with one attached hydrogen (secondary N) is 1. The van der Waals surface area contributed by atoms with Crippen LogP contribution >= 0.6 is 23.2 Å². The molecule has 0 radical (unpaired) electrons. The van der Waals surface area contributed by atoms with Gasteiger partial charge >= 0.3 is 12.0 Å². The van der Waals surface area contributed by atoms with Gasteiger partial charge < -0.3 is 4.74 Å². The van der Waals surface area contributed by atoms with Gasteiger partial charge in [-0.05, 0) is 69.2 Å². The first kappa shape index (κ1) is 27.6. The van der Waals surface area contributed by atoms with Crippen molar-refractivity contribution in [2.45, 2.75) is 37.7 Å². The standard InChI is InChI=1S/C25H25Cl2N5O5S/c1-25(2,3)37-23(33)15-32(38(35,36)20-12-17(26)11-18(27)13-20)19-4-5-21-16(10-19)6-9-31(21)24(34)30-22-14-28-7-8-29-22/h4-5,7-8,10-14H,6,9,15H2,1-3H3,(H,29,30,34). The number of hydrogen-bond acceptors (Lipinski definition) is 7. The Morgan fingerprint density at radius 3 is 2.45 bits per heavy atom. The predicted molar refractivity (Wildman–Crippen MR) is 145 cm³/mol. The number of amides is 2. The molecule has 0 unspecified atom stereocenters. The third-order valence-electron chi connectivity index (χ3n) is 5.41. The Balaban J connectivity index is 1.68. The van der Waals surface area contributed by atoms with Crippen LogP contribution in [0.1, 0.15) is 26.3 Å². The van der Waals surface area contributed by atoms with Crippen LogP contribution in [0.4, 0.5) is 22.0 Å². The van der Waals surface area contributed by atoms with Gasteiger partial charge in [0.2, 0.25) is 0 Å². The van der Waals surface area contributed by atoms with Gasteiger partial charge in [-0.3, -0.25) is 24.3 Å². The van der Waals surface area contributed by atoms with Crippen molar-refractivity contribution in [2.24, 2.45) is 0 Å². The van der Waals surface area contributed by atoms with Crippen LogP contribution in [0.3, 0.4) is 0 Å². The molecule has 0 atom stereocenters. The minimum Gasteiger partial charge on any atom is -0.459 e. The monoisotopic (exact) mass is 577 g/mol. The third kappa shape index (κ3) is 6.35. The van der Waals surface area contributed by atoms with E-state index in [0.29, 0.717) is 24.5 Å². The molecule has 2 heterocycles. The molecular weight excluding hydrogens is 553 g/mol. The first-order valence-electron chi connectivity index (χ1n) is 11.5. The second-order valence-corrected chi connectivity index (χ2v) is 12.2. The van der Waals surface area contributed by atoms with Crippen molar-refractivity contribution in [3.63, 3.8) is 0 Å². The average molecular weight is 578 g/mol. The molecule has 0 saturated carbocycles. The van der Waals surface area contributed by atoms with Crippen LogP contribution in [-0.4, -0.2) is 49.1 Å². The Morgan fingerprint density at radius 2 is 1.82 bits per heavy atom. The highest BCUT2D eigenvalue weighted by molar-refractivity contribution is 7.92. The number of anilines is 3. The van der Waals surface area contributed by atoms with E-state index in [1.54, 1.807) is 32.9 Å². The Hall–Kier alpha value is -3.41. The zero-order chi connectivity index (χ0) is 27.7. The molecule has 13 heteroatoms. The third-order valence-corrected chi connectivity index (χ3v) is 7.59. The van der Waals surface area contributed by atoms with E-state index in [0.717, 1.165) is 9.87 Å². The van der Waals surface area contributed by atoms with E-state index < -0.39 is 34.2 Å². The fourth-order valence-corrected chi connectivity index (χ4v) is 6.03. The summed E-state index contributed by atoms with van der Waals surface area (Å²) in [6, 6.07) is 8.34. The lowest BCUT2D eigenvalue weighted by Gasteiger charge is -2.27. The number of carbonyl (C=O) groups excluding carboxylic acids is 2. The van der Waals surface area contributed by atoms with Crippen LogP contribution in [0.2, 0.25) is 10.0 Å². The molecule has 0 fully saturated rings. The molecule has 0 spiro atoms. The summed E-state index contributed by atoms with van der Waals surface area (Å²) in [6.45, 7) is 4.86. The van der Waals surface area contributed by atoms with Crippen LogP contribution in [0.15, 0.2) is 59.9 Å². The summed E-state index contributed by atoms with van der Waals surface area (Å²) in [5, 5.41) is 2.95. The first-order chi connectivity index (χ1) is 17.8. The minimum absolute atomic E-state index is 0.131. The number of fused-ring (bicyclic) bond motifs is 1. The molecule has 0 aliphatic carbocycles. The van der Waals surface area contributed by atoms with E-state index >= 15 is 0 Å². The number of benzene rings is 2. The normalized spacial score (nSPS) is 13.1. The largest absolute Gasteiger partial charge is 0.459 e. The van der Waals surface area contributed by atoms with E-state index in [4.69, 9.17) is 27.9 Å². The van der Waals surface area contributed by atoms with Gasteiger partial charge in [0.1, 0.15) is 12.1 Å². The lowest BCUT2D eigenvalue weighted by molar-refractivity contribution is -0.152. The van der Waals surface area contributed by atoms with Crippen molar-refractivity contribution >= 4 is 62.4 Å². The summed E-state index contributed by atoms with van der Waals surface area (Å²) in [4.78, 5) is 34.9. The molecule has 2 amide bonds. The minimum atomic E-state index is -4.28. The number of carbonyl (C=O) groups is 2. The van der Waals surface area contributed by atoms with Crippen molar-refractivity contribution in [2.75, 3.05) is 27.6 Å². The molecule has 0 bridgehead atoms. The van der Waals surface area contributed by atoms with Crippen molar-refractivity contribution in [1.29, 1.82) is 0 Å². The summed E-state index contributed by atoms with van der Waals surface area (Å²) in [5.41, 5.74) is 0.739. The number of sulfonamides is 1. The van der Waals surface area contributed by atoms with E-state index in [9.17, 15) is 18.0 Å². The molecule has 1 aromatic heterocycles. The topological polar surface area (TPSA) is 122 Å². The molecule has 1 aliphatic rings. The summed E-state index contributed by atoms with van der Waals surface area (Å²) in [7, 11) is -4.28. The lowest BCUT2D eigenvalue weighted by atomic mass is 10.1. The molecule has 3 aromatic rings. The maximum atomic E-state index is 13.7. The second kappa shape index (κ2) is 10.8. The molecule has 38 heavy (non-hydrogen) atoms. The molecule has 2 aromatic carbocycles. The Morgan fingerprint density at radius 1 is 1.11 bits per heavy atom. The maximum absolute atomic E-state index is 13.7. The van der Waals surface area contributed by atoms with Crippen LogP contribution in [0, 0.1) is 0 Å². The molecule has 4 rings (SSSR count). The van der Waals surface area contributed by atoms with Crippen LogP contribution < -0.4 is 14.5 Å². The zero-order valence-corrected chi connectivity index (χ0v) is 23.1. The summed E-state index contributed by atoms with van der Waals surface area (Å²) >= 11 is 12.1. The summed E-state index contributed by atoms with van der Waals surface area (Å²) in [5.74, 6) is -0.433. The number of urea groups is 1. The SMILES string of the molecule is CC(C)(C)OC(=O)CN(c1ccc2c(c1)CCN2C(=O)Nc1cnccn1)S(=O)(=O)c1cc(Cl)cc(Cl)c1. The van der Waals surface area contributed by atoms with E-state index in [1.807, 2.05) is 0 Å². The molecule has 0 saturated heterocycles. The van der Waals surface area contributed by atoms with Gasteiger partial charge in [0.25, 0.3) is 10.0 Å². The Bertz CT molecular complexity index is 1460. The number of nitrogens with zero attached hydrogens (tertiary/aromatic N) is 4. The molecule has 10 nitrogen and oxygen atoms in total. The quantitative estimate of drug-likeness (QED) is 0.413. The van der Waals surface area contributed by atoms with Crippen molar-refractivity contribution in [3.8, 4) is 0 Å². The van der Waals surface area contributed by atoms with Gasteiger partial charge in [0.15, 0.2) is 5.82 Å². The van der Waals surface area contributed by atoms with Crippen LogP contribution in [0.5, 0.6) is 0 Å². The van der Waals surface area contributed by atoms with Gasteiger partial charge in [0.05, 0.1) is 16.8 Å². The number of ether oxygens (including phenoxy) is 1. The zero-order valence-electron chi connectivity index (χ0n) is 20.8. The number of aromatic nitrogens is 2. The second-order valence-electron chi connectivity index (χ2n) is 9.44. The lowest BCUT2D eigenvalue weighted by Crippen LogP contribution is -2.39. The number of halogens is 2. The maximum Gasteiger partial charge on any atom is 0.327 e. The molecular formula is C25H25Cl2N5O5S. The van der Waals surface area contributed by atoms with Gasteiger partial charge in [-0.25, -0.2) is 18.2 Å². The fourth-order valence-electron chi connectivity index (χ4n) is 3.91. The predicted octanol–water partition coefficient (Wildman–Crippen LogP) is 4.92. The summed E-state index contributed by atoms with van der Waals surface area (Å²) in [6.07, 6.45) is 4.86. The van der Waals surface area contributed by atoms with Gasteiger partial charge in [-0.1, -0.05) is 23.2 Å². The number of hydrogen-bond donors (Lipinski definition) is 1. The fraction of sp³-hybridized carbons (Fsp3) is 0.280. The van der Waals surface area contributed by atoms with E-state index in [1.165, 1.54) is 47.8 Å². The highest BCUT2D eigenvalue weighted by Gasteiger charge is 2.32. The van der Waals surface area contributed by atoms with Crippen molar-refractivity contribution in [3.05, 3.63) is 70.6 Å². The smallest absolute Gasteiger partial charge is 0.327 e. The molecule has 200 valence electrons. The van der Waals surface area contributed by atoms with Gasteiger partial charge in [-0.15, -0.1) is 0 Å². The molecule has 1 aliphatic heterocycles. The van der Waals surface area contributed by atoms with E-state index in [-0.39, 0.29) is 20.6 Å². The average Bonchev–Trinajstić information content (AvgIpc) is 3.25. The van der Waals surface area contributed by atoms with Crippen molar-refractivity contribution in [1.82, 2.24) is 9.97 Å². The van der Waals surface area contributed by atoms with Gasteiger partial charge in [-0.2, -0.15) is 0 Å². The van der Waals surface area contributed by atoms with E-state index in [2.05, 4.69) is 15.3 Å². The van der Waals surface area contributed by atoms with Crippen molar-refractivity contribution < 1.29 is 22.7 Å². The van der Waals surface area contributed by atoms with Crippen LogP contribution in [0.25, 0.3) is 0 Å². The highest BCUT2D eigenvalue weighted by Crippen LogP contribution is 2.35. The molecule has 1 N–H and O–H groups in total. The Kier molecular flexibility index (Phi) is 7.82. The number of rotatable bonds is 6. The van der Waals surface area contributed by atoms with Crippen LogP contribution in [-0.2, 0) is 26.0 Å². The Labute approximate surface area is 230 Å². The summed E-state index contributed by atoms with van der Waals surface area (Å²) < 4.78 is 33.8. The highest BCUT2D eigenvalue weighted by atomic mass is 35.5. The first-order valence-corrected chi connectivity index (χ1v) is 13.7.